The molecule has 0 heterocycles. The number of hydrogen-bond donors (Lipinski definition) is 2. The number of nitriles is 1. The molecule has 0 saturated carbocycles. The van der Waals surface area contributed by atoms with Crippen molar-refractivity contribution in [1.29, 1.82) is 5.26 Å². The average molecular weight is 255 g/mol. The lowest BCUT2D eigenvalue weighted by molar-refractivity contribution is 0.153. The van der Waals surface area contributed by atoms with Crippen LogP contribution in [0.2, 0.25) is 0 Å². The van der Waals surface area contributed by atoms with Crippen LogP contribution in [-0.4, -0.2) is 31.2 Å². The normalized spacial score (nSPS) is 10.4. The topological polar surface area (TPSA) is 73.3 Å². The van der Waals surface area contributed by atoms with Crippen molar-refractivity contribution in [1.82, 2.24) is 0 Å². The van der Waals surface area contributed by atoms with E-state index >= 15 is 0 Å². The Labute approximate surface area is 104 Å². The second-order valence-corrected chi connectivity index (χ2v) is 3.73. The highest BCUT2D eigenvalue weighted by molar-refractivity contribution is 5.60. The minimum atomic E-state index is -2.53. The number of aliphatic hydroxyl groups excluding tert-OH is 1. The third-order valence-corrected chi connectivity index (χ3v) is 2.49. The summed E-state index contributed by atoms with van der Waals surface area (Å²) in [6.07, 6.45) is -2.53. The molecule has 3 N–H and O–H groups in total. The molecule has 4 nitrogen and oxygen atoms in total. The standard InChI is InChI=1S/C12H15F2N3O/c13-12(14)8-17(3-4-18)11-2-1-9(6-15)5-10(11)7-16/h1-2,5,12,18H,3-4,6,8,15H2. The summed E-state index contributed by atoms with van der Waals surface area (Å²) in [5.74, 6) is 0. The third kappa shape index (κ3) is 3.65. The fourth-order valence-electron chi connectivity index (χ4n) is 1.67. The zero-order valence-corrected chi connectivity index (χ0v) is 9.81. The molecule has 0 aliphatic heterocycles. The van der Waals surface area contributed by atoms with E-state index in [1.54, 1.807) is 18.2 Å². The average Bonchev–Trinajstić information content (AvgIpc) is 2.37. The van der Waals surface area contributed by atoms with Gasteiger partial charge in [0.05, 0.1) is 24.4 Å². The van der Waals surface area contributed by atoms with E-state index in [4.69, 9.17) is 16.1 Å². The predicted octanol–water partition coefficient (Wildman–Crippen LogP) is 1.08. The SMILES string of the molecule is N#Cc1cc(CN)ccc1N(CCO)CC(F)F. The van der Waals surface area contributed by atoms with E-state index in [1.165, 1.54) is 4.90 Å². The second-order valence-electron chi connectivity index (χ2n) is 3.73. The summed E-state index contributed by atoms with van der Waals surface area (Å²) in [5.41, 5.74) is 6.89. The molecule has 6 heteroatoms. The van der Waals surface area contributed by atoms with Gasteiger partial charge in [0.25, 0.3) is 6.43 Å². The number of nitrogens with two attached hydrogens (primary N) is 1. The van der Waals surface area contributed by atoms with Crippen molar-refractivity contribution in [3.8, 4) is 6.07 Å². The van der Waals surface area contributed by atoms with E-state index in [-0.39, 0.29) is 25.3 Å². The first kappa shape index (κ1) is 14.4. The van der Waals surface area contributed by atoms with Gasteiger partial charge in [0.1, 0.15) is 6.07 Å². The molecule has 1 rings (SSSR count). The van der Waals surface area contributed by atoms with Crippen molar-refractivity contribution in [2.24, 2.45) is 5.73 Å². The van der Waals surface area contributed by atoms with Crippen LogP contribution in [0.15, 0.2) is 18.2 Å². The van der Waals surface area contributed by atoms with Crippen molar-refractivity contribution in [2.45, 2.75) is 13.0 Å². The quantitative estimate of drug-likeness (QED) is 0.797. The molecule has 0 aromatic heterocycles. The summed E-state index contributed by atoms with van der Waals surface area (Å²) < 4.78 is 24.9. The van der Waals surface area contributed by atoms with Gasteiger partial charge in [-0.25, -0.2) is 8.78 Å². The molecular weight excluding hydrogens is 240 g/mol. The Hall–Kier alpha value is -1.71. The van der Waals surface area contributed by atoms with Crippen LogP contribution in [-0.2, 0) is 6.54 Å². The highest BCUT2D eigenvalue weighted by Gasteiger charge is 2.15. The molecule has 1 aromatic rings. The van der Waals surface area contributed by atoms with Crippen LogP contribution < -0.4 is 10.6 Å². The van der Waals surface area contributed by atoms with E-state index < -0.39 is 13.0 Å². The molecule has 0 unspecified atom stereocenters. The second kappa shape index (κ2) is 6.89. The number of nitrogens with zero attached hydrogens (tertiary/aromatic N) is 2. The van der Waals surface area contributed by atoms with Gasteiger partial charge in [0.15, 0.2) is 0 Å². The van der Waals surface area contributed by atoms with Crippen LogP contribution in [0.3, 0.4) is 0 Å². The Bertz CT molecular complexity index is 432. The minimum Gasteiger partial charge on any atom is -0.395 e. The van der Waals surface area contributed by atoms with Gasteiger partial charge in [-0.05, 0) is 17.7 Å². The number of benzene rings is 1. The summed E-state index contributed by atoms with van der Waals surface area (Å²) >= 11 is 0. The molecule has 0 radical (unpaired) electrons. The molecule has 18 heavy (non-hydrogen) atoms. The zero-order chi connectivity index (χ0) is 13.5. The summed E-state index contributed by atoms with van der Waals surface area (Å²) in [6, 6.07) is 6.80. The van der Waals surface area contributed by atoms with E-state index in [1.807, 2.05) is 6.07 Å². The Balaban J connectivity index is 3.07. The Kier molecular flexibility index (Phi) is 5.49. The largest absolute Gasteiger partial charge is 0.395 e. The van der Waals surface area contributed by atoms with Gasteiger partial charge in [-0.2, -0.15) is 5.26 Å². The van der Waals surface area contributed by atoms with Gasteiger partial charge < -0.3 is 15.7 Å². The van der Waals surface area contributed by atoms with Gasteiger partial charge >= 0.3 is 0 Å². The van der Waals surface area contributed by atoms with Gasteiger partial charge in [-0.1, -0.05) is 6.07 Å². The molecule has 98 valence electrons. The maximum Gasteiger partial charge on any atom is 0.255 e. The summed E-state index contributed by atoms with van der Waals surface area (Å²) in [4.78, 5) is 1.30. The van der Waals surface area contributed by atoms with E-state index in [9.17, 15) is 8.78 Å². The highest BCUT2D eigenvalue weighted by Crippen LogP contribution is 2.22. The Morgan fingerprint density at radius 3 is 2.67 bits per heavy atom. The first-order chi connectivity index (χ1) is 8.62. The smallest absolute Gasteiger partial charge is 0.255 e. The lowest BCUT2D eigenvalue weighted by atomic mass is 10.1. The highest BCUT2D eigenvalue weighted by atomic mass is 19.3. The Morgan fingerprint density at radius 1 is 1.44 bits per heavy atom. The van der Waals surface area contributed by atoms with Crippen LogP contribution in [0.4, 0.5) is 14.5 Å². The number of hydrogen-bond acceptors (Lipinski definition) is 4. The first-order valence-electron chi connectivity index (χ1n) is 5.49. The monoisotopic (exact) mass is 255 g/mol. The van der Waals surface area contributed by atoms with Crippen LogP contribution in [0, 0.1) is 11.3 Å². The molecule has 0 aliphatic carbocycles. The number of rotatable bonds is 6. The molecule has 1 aromatic carbocycles. The summed E-state index contributed by atoms with van der Waals surface area (Å²) in [5, 5.41) is 17.9. The molecular formula is C12H15F2N3O. The first-order valence-corrected chi connectivity index (χ1v) is 5.49. The number of halogens is 2. The molecule has 0 fully saturated rings. The lowest BCUT2D eigenvalue weighted by Gasteiger charge is -2.24. The van der Waals surface area contributed by atoms with Crippen molar-refractivity contribution in [2.75, 3.05) is 24.6 Å². The van der Waals surface area contributed by atoms with Crippen molar-refractivity contribution < 1.29 is 13.9 Å². The number of aliphatic hydroxyl groups is 1. The number of anilines is 1. The fourth-order valence-corrected chi connectivity index (χ4v) is 1.67. The summed E-state index contributed by atoms with van der Waals surface area (Å²) in [6.45, 7) is -0.432. The van der Waals surface area contributed by atoms with E-state index in [2.05, 4.69) is 0 Å². The van der Waals surface area contributed by atoms with Crippen LogP contribution in [0.25, 0.3) is 0 Å². The predicted molar refractivity (Wildman–Crippen MR) is 64.4 cm³/mol. The molecule has 0 spiro atoms. The maximum atomic E-state index is 12.4. The van der Waals surface area contributed by atoms with Gasteiger partial charge in [-0.3, -0.25) is 0 Å². The van der Waals surface area contributed by atoms with E-state index in [0.29, 0.717) is 5.69 Å². The Morgan fingerprint density at radius 2 is 2.17 bits per heavy atom. The minimum absolute atomic E-state index is 0.0565. The van der Waals surface area contributed by atoms with Crippen molar-refractivity contribution in [3.05, 3.63) is 29.3 Å². The summed E-state index contributed by atoms with van der Waals surface area (Å²) in [7, 11) is 0. The number of alkyl halides is 2. The molecule has 0 amide bonds. The van der Waals surface area contributed by atoms with Crippen LogP contribution in [0.1, 0.15) is 11.1 Å². The zero-order valence-electron chi connectivity index (χ0n) is 9.81. The van der Waals surface area contributed by atoms with Crippen molar-refractivity contribution in [3.63, 3.8) is 0 Å². The maximum absolute atomic E-state index is 12.4. The molecule has 0 aliphatic rings. The molecule has 0 atom stereocenters. The fraction of sp³-hybridized carbons (Fsp3) is 0.417. The van der Waals surface area contributed by atoms with Crippen molar-refractivity contribution >= 4 is 5.69 Å². The van der Waals surface area contributed by atoms with Crippen LogP contribution in [0.5, 0.6) is 0 Å². The van der Waals surface area contributed by atoms with E-state index in [0.717, 1.165) is 5.56 Å². The molecule has 0 saturated heterocycles. The van der Waals surface area contributed by atoms with Crippen LogP contribution >= 0.6 is 0 Å². The van der Waals surface area contributed by atoms with Gasteiger partial charge in [-0.15, -0.1) is 0 Å². The lowest BCUT2D eigenvalue weighted by Crippen LogP contribution is -2.32. The van der Waals surface area contributed by atoms with Gasteiger partial charge in [0.2, 0.25) is 0 Å². The third-order valence-electron chi connectivity index (χ3n) is 2.49. The molecule has 0 bridgehead atoms. The van der Waals surface area contributed by atoms with Gasteiger partial charge in [0, 0.05) is 13.1 Å².